The van der Waals surface area contributed by atoms with Gasteiger partial charge in [0, 0.05) is 48.7 Å². The lowest BCUT2D eigenvalue weighted by molar-refractivity contribution is 0.0551. The number of hydrogen-bond acceptors (Lipinski definition) is 4. The van der Waals surface area contributed by atoms with Crippen molar-refractivity contribution in [2.24, 2.45) is 0 Å². The largest absolute Gasteiger partial charge is 0.465 e. The molecule has 0 atom stereocenters. The second-order valence-corrected chi connectivity index (χ2v) is 7.60. The molecule has 0 unspecified atom stereocenters. The van der Waals surface area contributed by atoms with Crippen molar-refractivity contribution >= 4 is 12.0 Å². The van der Waals surface area contributed by atoms with E-state index in [1.54, 1.807) is 12.3 Å². The van der Waals surface area contributed by atoms with Crippen LogP contribution < -0.4 is 0 Å². The fraction of sp³-hybridized carbons (Fsp3) is 0.364. The van der Waals surface area contributed by atoms with Crippen LogP contribution in [0.5, 0.6) is 0 Å². The van der Waals surface area contributed by atoms with Gasteiger partial charge in [-0.1, -0.05) is 12.1 Å². The van der Waals surface area contributed by atoms with E-state index in [9.17, 15) is 9.59 Å². The van der Waals surface area contributed by atoms with Crippen LogP contribution in [0.2, 0.25) is 0 Å². The molecule has 2 amide bonds. The van der Waals surface area contributed by atoms with E-state index in [1.807, 2.05) is 29.2 Å². The molecule has 148 valence electrons. The quantitative estimate of drug-likeness (QED) is 0.863. The Morgan fingerprint density at radius 3 is 2.28 bits per heavy atom. The van der Waals surface area contributed by atoms with Crippen molar-refractivity contribution < 1.29 is 14.7 Å². The highest BCUT2D eigenvalue weighted by atomic mass is 16.4. The second-order valence-electron chi connectivity index (χ2n) is 7.60. The summed E-state index contributed by atoms with van der Waals surface area (Å²) < 4.78 is 0. The average molecular weight is 390 g/mol. The van der Waals surface area contributed by atoms with Gasteiger partial charge in [-0.3, -0.25) is 9.78 Å². The molecule has 2 heterocycles. The van der Waals surface area contributed by atoms with Gasteiger partial charge in [0.1, 0.15) is 6.07 Å². The van der Waals surface area contributed by atoms with Crippen molar-refractivity contribution in [2.75, 3.05) is 13.1 Å². The van der Waals surface area contributed by atoms with Crippen molar-refractivity contribution in [1.82, 2.24) is 14.8 Å². The van der Waals surface area contributed by atoms with Crippen LogP contribution in [0.1, 0.15) is 41.6 Å². The average Bonchev–Trinajstić information content (AvgIpc) is 3.59. The monoisotopic (exact) mass is 390 g/mol. The molecule has 1 aliphatic carbocycles. The zero-order chi connectivity index (χ0) is 20.4. The summed E-state index contributed by atoms with van der Waals surface area (Å²) in [5, 5.41) is 18.2. The van der Waals surface area contributed by atoms with Gasteiger partial charge in [0.25, 0.3) is 5.91 Å². The number of nitrogens with zero attached hydrogens (tertiary/aromatic N) is 4. The molecule has 29 heavy (non-hydrogen) atoms. The first-order valence-corrected chi connectivity index (χ1v) is 9.83. The minimum Gasteiger partial charge on any atom is -0.465 e. The van der Waals surface area contributed by atoms with E-state index in [4.69, 9.17) is 10.4 Å². The molecule has 2 aromatic rings. The first-order chi connectivity index (χ1) is 14.1. The highest BCUT2D eigenvalue weighted by Crippen LogP contribution is 2.33. The maximum Gasteiger partial charge on any atom is 0.407 e. The van der Waals surface area contributed by atoms with Gasteiger partial charge in [0.05, 0.1) is 5.56 Å². The lowest BCUT2D eigenvalue weighted by Gasteiger charge is -2.38. The maximum absolute atomic E-state index is 13.2. The number of aromatic nitrogens is 1. The highest BCUT2D eigenvalue weighted by Gasteiger charge is 2.39. The number of nitriles is 1. The first-order valence-electron chi connectivity index (χ1n) is 9.83. The smallest absolute Gasteiger partial charge is 0.407 e. The van der Waals surface area contributed by atoms with Crippen LogP contribution in [0.4, 0.5) is 4.79 Å². The first kappa shape index (κ1) is 18.9. The molecule has 1 aromatic carbocycles. The molecule has 1 aliphatic heterocycles. The summed E-state index contributed by atoms with van der Waals surface area (Å²) >= 11 is 0. The van der Waals surface area contributed by atoms with E-state index in [0.29, 0.717) is 37.1 Å². The third-order valence-corrected chi connectivity index (χ3v) is 5.64. The second kappa shape index (κ2) is 7.92. The molecule has 2 aliphatic rings. The van der Waals surface area contributed by atoms with Gasteiger partial charge in [-0.15, -0.1) is 0 Å². The van der Waals surface area contributed by atoms with Crippen molar-refractivity contribution in [3.05, 3.63) is 53.9 Å². The predicted molar refractivity (Wildman–Crippen MR) is 106 cm³/mol. The predicted octanol–water partition coefficient (Wildman–Crippen LogP) is 3.37. The third kappa shape index (κ3) is 4.06. The molecule has 1 saturated carbocycles. The topological polar surface area (TPSA) is 97.5 Å². The lowest BCUT2D eigenvalue weighted by Crippen LogP contribution is -2.49. The van der Waals surface area contributed by atoms with E-state index < -0.39 is 6.09 Å². The number of carbonyl (C=O) groups excluding carboxylic acids is 1. The van der Waals surface area contributed by atoms with Crippen LogP contribution in [-0.2, 0) is 0 Å². The minimum atomic E-state index is -0.890. The molecule has 4 rings (SSSR count). The fourth-order valence-electron chi connectivity index (χ4n) is 3.93. The van der Waals surface area contributed by atoms with E-state index in [0.717, 1.165) is 24.0 Å². The number of carboxylic acid groups (broad SMARTS) is 1. The summed E-state index contributed by atoms with van der Waals surface area (Å²) in [6, 6.07) is 11.6. The summed E-state index contributed by atoms with van der Waals surface area (Å²) in [5.74, 6) is 0.0109. The molecule has 7 nitrogen and oxygen atoms in total. The Hall–Kier alpha value is -3.40. The molecule has 1 N–H and O–H groups in total. The van der Waals surface area contributed by atoms with E-state index >= 15 is 0 Å². The lowest BCUT2D eigenvalue weighted by atomic mass is 10.0. The van der Waals surface area contributed by atoms with Gasteiger partial charge in [0.2, 0.25) is 0 Å². The molecule has 0 spiro atoms. The molecule has 0 radical (unpaired) electrons. The normalized spacial score (nSPS) is 16.9. The van der Waals surface area contributed by atoms with Crippen LogP contribution in [0, 0.1) is 11.3 Å². The van der Waals surface area contributed by atoms with Gasteiger partial charge in [-0.05, 0) is 49.4 Å². The van der Waals surface area contributed by atoms with Gasteiger partial charge in [0.15, 0.2) is 0 Å². The molecular weight excluding hydrogens is 368 g/mol. The Morgan fingerprint density at radius 2 is 1.69 bits per heavy atom. The molecule has 2 fully saturated rings. The number of pyridine rings is 1. The van der Waals surface area contributed by atoms with Gasteiger partial charge in [-0.25, -0.2) is 4.79 Å². The number of carbonyl (C=O) groups is 2. The van der Waals surface area contributed by atoms with Crippen LogP contribution in [0.25, 0.3) is 11.1 Å². The van der Waals surface area contributed by atoms with Crippen molar-refractivity contribution in [3.63, 3.8) is 0 Å². The van der Waals surface area contributed by atoms with E-state index in [2.05, 4.69) is 11.1 Å². The number of likely N-dealkylation sites (tertiary alicyclic amines) is 1. The summed E-state index contributed by atoms with van der Waals surface area (Å²) in [4.78, 5) is 31.9. The summed E-state index contributed by atoms with van der Waals surface area (Å²) in [5.41, 5.74) is 2.86. The Morgan fingerprint density at radius 1 is 1.03 bits per heavy atom. The number of piperidine rings is 1. The minimum absolute atomic E-state index is 0.0109. The van der Waals surface area contributed by atoms with Crippen LogP contribution in [0.3, 0.4) is 0 Å². The third-order valence-electron chi connectivity index (χ3n) is 5.64. The summed E-state index contributed by atoms with van der Waals surface area (Å²) in [6.07, 6.45) is 5.71. The Kier molecular flexibility index (Phi) is 5.17. The number of hydrogen-bond donors (Lipinski definition) is 1. The van der Waals surface area contributed by atoms with E-state index in [1.165, 1.54) is 11.1 Å². The van der Waals surface area contributed by atoms with Crippen LogP contribution in [-0.4, -0.2) is 57.1 Å². The zero-order valence-electron chi connectivity index (χ0n) is 16.0. The Bertz CT molecular complexity index is 955. The molecule has 1 saturated heterocycles. The van der Waals surface area contributed by atoms with Crippen molar-refractivity contribution in [1.29, 1.82) is 5.26 Å². The van der Waals surface area contributed by atoms with E-state index in [-0.39, 0.29) is 18.0 Å². The summed E-state index contributed by atoms with van der Waals surface area (Å²) in [6.45, 7) is 0.940. The van der Waals surface area contributed by atoms with Crippen molar-refractivity contribution in [3.8, 4) is 17.2 Å². The number of amides is 2. The summed E-state index contributed by atoms with van der Waals surface area (Å²) in [7, 11) is 0. The molecule has 7 heteroatoms. The SMILES string of the molecule is N#Cc1cncc(-c2ccc(C(=O)N(C3CC3)C3CCN(C(=O)O)CC3)cc2)c1. The Labute approximate surface area is 169 Å². The Balaban J connectivity index is 1.50. The van der Waals surface area contributed by atoms with Gasteiger partial charge in [-0.2, -0.15) is 5.26 Å². The fourth-order valence-corrected chi connectivity index (χ4v) is 3.93. The van der Waals surface area contributed by atoms with Crippen molar-refractivity contribution in [2.45, 2.75) is 37.8 Å². The highest BCUT2D eigenvalue weighted by molar-refractivity contribution is 5.95. The van der Waals surface area contributed by atoms with Gasteiger partial charge < -0.3 is 14.9 Å². The van der Waals surface area contributed by atoms with Crippen LogP contribution >= 0.6 is 0 Å². The standard InChI is InChI=1S/C22H22N4O3/c23-12-15-11-18(14-24-13-15)16-1-3-17(4-2-16)21(27)26(19-5-6-19)20-7-9-25(10-8-20)22(28)29/h1-4,11,13-14,19-20H,5-10H2,(H,28,29). The number of rotatable bonds is 4. The molecular formula is C22H22N4O3. The molecule has 1 aromatic heterocycles. The number of benzene rings is 1. The van der Waals surface area contributed by atoms with Gasteiger partial charge >= 0.3 is 6.09 Å². The molecule has 0 bridgehead atoms. The van der Waals surface area contributed by atoms with Crippen LogP contribution in [0.15, 0.2) is 42.7 Å². The zero-order valence-corrected chi connectivity index (χ0v) is 16.0. The maximum atomic E-state index is 13.2.